The second kappa shape index (κ2) is 4.79. The number of benzene rings is 1. The third-order valence-electron chi connectivity index (χ3n) is 1.88. The highest BCUT2D eigenvalue weighted by atomic mass is 35.5. The monoisotopic (exact) mass is 249 g/mol. The lowest BCUT2D eigenvalue weighted by Crippen LogP contribution is -2.12. The predicted octanol–water partition coefficient (Wildman–Crippen LogP) is 2.61. The van der Waals surface area contributed by atoms with Crippen molar-refractivity contribution in [2.45, 2.75) is 13.0 Å². The quantitative estimate of drug-likeness (QED) is 0.662. The fourth-order valence-corrected chi connectivity index (χ4v) is 2.11. The zero-order valence-corrected chi connectivity index (χ0v) is 9.42. The van der Waals surface area contributed by atoms with Gasteiger partial charge in [-0.3, -0.25) is 10.1 Å². The Morgan fingerprint density at radius 3 is 2.33 bits per heavy atom. The predicted molar refractivity (Wildman–Crippen MR) is 58.0 cm³/mol. The number of halogens is 2. The first-order valence-electron chi connectivity index (χ1n) is 4.17. The van der Waals surface area contributed by atoms with Crippen LogP contribution in [0.5, 0.6) is 0 Å². The maximum atomic E-state index is 10.2. The van der Waals surface area contributed by atoms with Crippen LogP contribution < -0.4 is 0 Å². The van der Waals surface area contributed by atoms with Crippen LogP contribution in [0.3, 0.4) is 0 Å². The van der Waals surface area contributed by atoms with Crippen molar-refractivity contribution >= 4 is 23.2 Å². The highest BCUT2D eigenvalue weighted by Crippen LogP contribution is 2.31. The van der Waals surface area contributed by atoms with Crippen LogP contribution in [0.4, 0.5) is 0 Å². The summed E-state index contributed by atoms with van der Waals surface area (Å²) in [6.45, 7) is 1.18. The third kappa shape index (κ3) is 3.06. The largest absolute Gasteiger partial charge is 0.381 e. The van der Waals surface area contributed by atoms with E-state index in [1.165, 1.54) is 0 Å². The molecular formula is C9H9Cl2NO3. The second-order valence-electron chi connectivity index (χ2n) is 3.17. The van der Waals surface area contributed by atoms with Gasteiger partial charge in [0.25, 0.3) is 0 Å². The molecule has 0 bridgehead atoms. The molecule has 4 nitrogen and oxygen atoms in total. The minimum Gasteiger partial charge on any atom is -0.381 e. The van der Waals surface area contributed by atoms with Crippen molar-refractivity contribution in [2.24, 2.45) is 0 Å². The van der Waals surface area contributed by atoms with Crippen LogP contribution in [0.1, 0.15) is 17.2 Å². The number of nitrogens with zero attached hydrogens (tertiary/aromatic N) is 1. The molecule has 0 fully saturated rings. The summed E-state index contributed by atoms with van der Waals surface area (Å²) in [6, 6.07) is 3.21. The number of aliphatic hydroxyl groups is 1. The number of hydrogen-bond acceptors (Lipinski definition) is 3. The van der Waals surface area contributed by atoms with E-state index in [4.69, 9.17) is 23.2 Å². The first-order chi connectivity index (χ1) is 6.91. The molecule has 1 rings (SSSR count). The molecule has 1 atom stereocenters. The average Bonchev–Trinajstić information content (AvgIpc) is 1.99. The third-order valence-corrected chi connectivity index (χ3v) is 2.50. The minimum atomic E-state index is -1.28. The zero-order chi connectivity index (χ0) is 11.6. The lowest BCUT2D eigenvalue weighted by atomic mass is 10.1. The van der Waals surface area contributed by atoms with Gasteiger partial charge in [0.2, 0.25) is 6.54 Å². The Morgan fingerprint density at radius 2 is 1.93 bits per heavy atom. The number of aryl methyl sites for hydroxylation is 1. The molecule has 0 heterocycles. The lowest BCUT2D eigenvalue weighted by molar-refractivity contribution is -0.491. The molecule has 0 unspecified atom stereocenters. The fourth-order valence-electron chi connectivity index (χ4n) is 1.26. The van der Waals surface area contributed by atoms with E-state index < -0.39 is 17.6 Å². The van der Waals surface area contributed by atoms with Gasteiger partial charge in [0.1, 0.15) is 6.10 Å². The summed E-state index contributed by atoms with van der Waals surface area (Å²) in [5.41, 5.74) is 1.04. The molecule has 0 radical (unpaired) electrons. The first-order valence-corrected chi connectivity index (χ1v) is 4.93. The Hall–Kier alpha value is -0.840. The van der Waals surface area contributed by atoms with Gasteiger partial charge < -0.3 is 5.11 Å². The van der Waals surface area contributed by atoms with E-state index in [-0.39, 0.29) is 15.6 Å². The van der Waals surface area contributed by atoms with Crippen LogP contribution in [0, 0.1) is 17.0 Å². The fraction of sp³-hybridized carbons (Fsp3) is 0.333. The molecule has 1 aromatic carbocycles. The van der Waals surface area contributed by atoms with Crippen molar-refractivity contribution in [1.29, 1.82) is 0 Å². The Labute approximate surface area is 96.6 Å². The Morgan fingerprint density at radius 1 is 1.47 bits per heavy atom. The van der Waals surface area contributed by atoms with E-state index >= 15 is 0 Å². The van der Waals surface area contributed by atoms with Gasteiger partial charge in [0.15, 0.2) is 0 Å². The summed E-state index contributed by atoms with van der Waals surface area (Å²) < 4.78 is 0. The van der Waals surface area contributed by atoms with Crippen LogP contribution in [-0.2, 0) is 0 Å². The SMILES string of the molecule is Cc1cc(Cl)c([C@@H](O)C[N+](=O)[O-])c(Cl)c1. The van der Waals surface area contributed by atoms with Crippen LogP contribution >= 0.6 is 23.2 Å². The number of rotatable bonds is 3. The van der Waals surface area contributed by atoms with Crippen molar-refractivity contribution < 1.29 is 10.0 Å². The molecule has 0 spiro atoms. The van der Waals surface area contributed by atoms with E-state index in [0.717, 1.165) is 5.56 Å². The van der Waals surface area contributed by atoms with E-state index in [1.54, 1.807) is 19.1 Å². The van der Waals surface area contributed by atoms with Gasteiger partial charge in [-0.25, -0.2) is 0 Å². The summed E-state index contributed by atoms with van der Waals surface area (Å²) in [6.07, 6.45) is -1.28. The Kier molecular flexibility index (Phi) is 3.90. The number of hydrogen-bond donors (Lipinski definition) is 1. The van der Waals surface area contributed by atoms with Crippen LogP contribution in [0.2, 0.25) is 10.0 Å². The van der Waals surface area contributed by atoms with Gasteiger partial charge in [-0.05, 0) is 24.6 Å². The molecule has 0 saturated carbocycles. The van der Waals surface area contributed by atoms with Crippen molar-refractivity contribution in [3.8, 4) is 0 Å². The maximum absolute atomic E-state index is 10.2. The van der Waals surface area contributed by atoms with Gasteiger partial charge in [-0.2, -0.15) is 0 Å². The molecule has 0 amide bonds. The molecule has 15 heavy (non-hydrogen) atoms. The lowest BCUT2D eigenvalue weighted by Gasteiger charge is -2.11. The smallest absolute Gasteiger partial charge is 0.233 e. The molecule has 82 valence electrons. The average molecular weight is 250 g/mol. The summed E-state index contributed by atoms with van der Waals surface area (Å²) in [5.74, 6) is 0. The molecule has 0 aliphatic rings. The van der Waals surface area contributed by atoms with Crippen molar-refractivity contribution in [3.05, 3.63) is 43.4 Å². The highest BCUT2D eigenvalue weighted by molar-refractivity contribution is 6.36. The summed E-state index contributed by atoms with van der Waals surface area (Å²) in [5, 5.41) is 20.3. The molecule has 1 aromatic rings. The van der Waals surface area contributed by atoms with Crippen LogP contribution in [0.25, 0.3) is 0 Å². The van der Waals surface area contributed by atoms with E-state index in [1.807, 2.05) is 0 Å². The van der Waals surface area contributed by atoms with Gasteiger partial charge in [0, 0.05) is 20.5 Å². The van der Waals surface area contributed by atoms with Gasteiger partial charge in [-0.1, -0.05) is 23.2 Å². The van der Waals surface area contributed by atoms with E-state index in [9.17, 15) is 15.2 Å². The standard InChI is InChI=1S/C9H9Cl2NO3/c1-5-2-6(10)9(7(11)3-5)8(13)4-12(14)15/h2-3,8,13H,4H2,1H3/t8-/m0/s1. The van der Waals surface area contributed by atoms with Crippen LogP contribution in [0.15, 0.2) is 12.1 Å². The second-order valence-corrected chi connectivity index (χ2v) is 3.99. The Balaban J connectivity index is 3.08. The molecule has 0 aromatic heterocycles. The molecule has 6 heteroatoms. The molecule has 0 saturated heterocycles. The number of nitro groups is 1. The highest BCUT2D eigenvalue weighted by Gasteiger charge is 2.20. The summed E-state index contributed by atoms with van der Waals surface area (Å²) >= 11 is 11.7. The van der Waals surface area contributed by atoms with Crippen LogP contribution in [-0.4, -0.2) is 16.6 Å². The normalized spacial score (nSPS) is 12.5. The molecular weight excluding hydrogens is 241 g/mol. The van der Waals surface area contributed by atoms with Gasteiger partial charge in [-0.15, -0.1) is 0 Å². The summed E-state index contributed by atoms with van der Waals surface area (Å²) in [4.78, 5) is 9.62. The number of aliphatic hydroxyl groups excluding tert-OH is 1. The van der Waals surface area contributed by atoms with E-state index in [0.29, 0.717) is 0 Å². The Bertz CT molecular complexity index is 372. The summed E-state index contributed by atoms with van der Waals surface area (Å²) in [7, 11) is 0. The molecule has 1 N–H and O–H groups in total. The van der Waals surface area contributed by atoms with Crippen molar-refractivity contribution in [3.63, 3.8) is 0 Å². The van der Waals surface area contributed by atoms with Crippen molar-refractivity contribution in [2.75, 3.05) is 6.54 Å². The maximum Gasteiger partial charge on any atom is 0.233 e. The molecule has 0 aliphatic heterocycles. The van der Waals surface area contributed by atoms with Crippen molar-refractivity contribution in [1.82, 2.24) is 0 Å². The molecule has 0 aliphatic carbocycles. The zero-order valence-electron chi connectivity index (χ0n) is 7.91. The first kappa shape index (κ1) is 12.2. The minimum absolute atomic E-state index is 0.209. The van der Waals surface area contributed by atoms with Gasteiger partial charge in [0.05, 0.1) is 0 Å². The van der Waals surface area contributed by atoms with E-state index in [2.05, 4.69) is 0 Å². The topological polar surface area (TPSA) is 63.4 Å². The van der Waals surface area contributed by atoms with Gasteiger partial charge >= 0.3 is 0 Å².